The van der Waals surface area contributed by atoms with E-state index in [1.807, 2.05) is 30.5 Å². The van der Waals surface area contributed by atoms with Gasteiger partial charge in [0, 0.05) is 16.3 Å². The van der Waals surface area contributed by atoms with Crippen LogP contribution in [0, 0.1) is 6.92 Å². The molecule has 0 saturated heterocycles. The zero-order valence-corrected chi connectivity index (χ0v) is 18.9. The lowest BCUT2D eigenvalue weighted by Gasteiger charge is -2.36. The standard InChI is InChI=1S/C25H25NO5S/c1-14-11-12-32-24(14)20-19(22(28)25(29)26(20)16-8-4-3-5-9-16)21(27)18-13-15-7-6-10-17(30-2)23(15)31-18/h6-7,10-13,16,20,28H,3-5,8-9H2,1-2H3. The first-order valence-corrected chi connectivity index (χ1v) is 11.8. The van der Waals surface area contributed by atoms with Gasteiger partial charge in [-0.1, -0.05) is 31.4 Å². The third-order valence-corrected chi connectivity index (χ3v) is 7.63. The summed E-state index contributed by atoms with van der Waals surface area (Å²) < 4.78 is 11.2. The van der Waals surface area contributed by atoms with Gasteiger partial charge in [0.25, 0.3) is 5.91 Å². The molecule has 1 unspecified atom stereocenters. The molecule has 3 aromatic rings. The van der Waals surface area contributed by atoms with Crippen LogP contribution in [0.2, 0.25) is 0 Å². The van der Waals surface area contributed by atoms with Crippen LogP contribution in [0.3, 0.4) is 0 Å². The number of thiophene rings is 1. The molecule has 0 bridgehead atoms. The third kappa shape index (κ3) is 3.23. The molecule has 2 aliphatic rings. The minimum atomic E-state index is -0.604. The van der Waals surface area contributed by atoms with Crippen LogP contribution in [0.25, 0.3) is 11.0 Å². The van der Waals surface area contributed by atoms with Crippen molar-refractivity contribution in [3.63, 3.8) is 0 Å². The Morgan fingerprint density at radius 3 is 2.69 bits per heavy atom. The van der Waals surface area contributed by atoms with Crippen molar-refractivity contribution in [3.05, 3.63) is 63.2 Å². The first kappa shape index (κ1) is 20.8. The minimum Gasteiger partial charge on any atom is -0.503 e. The second-order valence-corrected chi connectivity index (χ2v) is 9.40. The van der Waals surface area contributed by atoms with Gasteiger partial charge in [-0.2, -0.15) is 0 Å². The summed E-state index contributed by atoms with van der Waals surface area (Å²) in [7, 11) is 1.54. The number of rotatable bonds is 5. The monoisotopic (exact) mass is 451 g/mol. The molecule has 3 heterocycles. The normalized spacial score (nSPS) is 19.9. The molecule has 1 atom stereocenters. The number of benzene rings is 1. The van der Waals surface area contributed by atoms with E-state index in [4.69, 9.17) is 9.15 Å². The van der Waals surface area contributed by atoms with Gasteiger partial charge >= 0.3 is 0 Å². The Kier molecular flexibility index (Phi) is 5.29. The number of para-hydroxylation sites is 1. The Bertz CT molecular complexity index is 1230. The van der Waals surface area contributed by atoms with Gasteiger partial charge in [0.1, 0.15) is 6.04 Å². The molecule has 1 aromatic carbocycles. The number of aryl methyl sites for hydroxylation is 1. The zero-order valence-electron chi connectivity index (χ0n) is 18.1. The first-order valence-electron chi connectivity index (χ1n) is 10.9. The fraction of sp³-hybridized carbons (Fsp3) is 0.360. The number of carbonyl (C=O) groups excluding carboxylic acids is 2. The van der Waals surface area contributed by atoms with Gasteiger partial charge in [0.05, 0.1) is 12.7 Å². The molecule has 32 heavy (non-hydrogen) atoms. The van der Waals surface area contributed by atoms with E-state index in [0.717, 1.165) is 47.9 Å². The van der Waals surface area contributed by atoms with Crippen LogP contribution < -0.4 is 4.74 Å². The first-order chi connectivity index (χ1) is 15.5. The Morgan fingerprint density at radius 2 is 2.00 bits per heavy atom. The number of furan rings is 1. The summed E-state index contributed by atoms with van der Waals surface area (Å²) in [4.78, 5) is 29.6. The molecule has 2 aromatic heterocycles. The Balaban J connectivity index is 1.61. The summed E-state index contributed by atoms with van der Waals surface area (Å²) in [6.07, 6.45) is 4.98. The Hall–Kier alpha value is -3.06. The topological polar surface area (TPSA) is 80.0 Å². The van der Waals surface area contributed by atoms with Crippen molar-refractivity contribution in [2.75, 3.05) is 7.11 Å². The summed E-state index contributed by atoms with van der Waals surface area (Å²) in [5, 5.41) is 13.6. The number of hydrogen-bond donors (Lipinski definition) is 1. The number of fused-ring (bicyclic) bond motifs is 1. The Morgan fingerprint density at radius 1 is 1.22 bits per heavy atom. The van der Waals surface area contributed by atoms with Crippen LogP contribution in [0.5, 0.6) is 5.75 Å². The highest BCUT2D eigenvalue weighted by Gasteiger charge is 2.48. The van der Waals surface area contributed by atoms with E-state index < -0.39 is 23.5 Å². The molecule has 7 heteroatoms. The molecule has 1 fully saturated rings. The highest BCUT2D eigenvalue weighted by Crippen LogP contribution is 2.45. The largest absolute Gasteiger partial charge is 0.503 e. The summed E-state index contributed by atoms with van der Waals surface area (Å²) >= 11 is 1.50. The number of ketones is 1. The predicted octanol–water partition coefficient (Wildman–Crippen LogP) is 5.72. The van der Waals surface area contributed by atoms with Gasteiger partial charge in [0.15, 0.2) is 22.9 Å². The van der Waals surface area contributed by atoms with Crippen molar-refractivity contribution < 1.29 is 23.8 Å². The molecule has 0 spiro atoms. The van der Waals surface area contributed by atoms with E-state index in [0.29, 0.717) is 11.3 Å². The SMILES string of the molecule is COc1cccc2cc(C(=O)C3=C(O)C(=O)N(C4CCCCC4)C3c3sccc3C)oc12. The van der Waals surface area contributed by atoms with Gasteiger partial charge in [-0.25, -0.2) is 0 Å². The maximum Gasteiger partial charge on any atom is 0.290 e. The number of Topliss-reactive ketones (excluding diaryl/α,β-unsaturated/α-hetero) is 1. The van der Waals surface area contributed by atoms with Gasteiger partial charge in [0.2, 0.25) is 5.78 Å². The zero-order chi connectivity index (χ0) is 22.4. The molecule has 5 rings (SSSR count). The smallest absolute Gasteiger partial charge is 0.290 e. The predicted molar refractivity (Wildman–Crippen MR) is 122 cm³/mol. The number of carbonyl (C=O) groups is 2. The molecule has 1 aliphatic carbocycles. The van der Waals surface area contributed by atoms with E-state index in [1.54, 1.807) is 24.1 Å². The second kappa shape index (κ2) is 8.13. The van der Waals surface area contributed by atoms with Crippen molar-refractivity contribution in [1.29, 1.82) is 0 Å². The fourth-order valence-electron chi connectivity index (χ4n) is 4.95. The van der Waals surface area contributed by atoms with Crippen molar-refractivity contribution in [2.45, 2.75) is 51.1 Å². The number of methoxy groups -OCH3 is 1. The van der Waals surface area contributed by atoms with Crippen molar-refractivity contribution in [1.82, 2.24) is 4.90 Å². The number of amides is 1. The maximum atomic E-state index is 13.7. The molecule has 6 nitrogen and oxygen atoms in total. The van der Waals surface area contributed by atoms with E-state index in [1.165, 1.54) is 11.3 Å². The van der Waals surface area contributed by atoms with Crippen LogP contribution in [-0.4, -0.2) is 34.8 Å². The van der Waals surface area contributed by atoms with E-state index in [-0.39, 0.29) is 17.4 Å². The van der Waals surface area contributed by atoms with E-state index >= 15 is 0 Å². The molecular formula is C25H25NO5S. The molecule has 1 N–H and O–H groups in total. The summed E-state index contributed by atoms with van der Waals surface area (Å²) in [5.41, 5.74) is 1.57. The lowest BCUT2D eigenvalue weighted by Crippen LogP contribution is -2.41. The average molecular weight is 452 g/mol. The Labute approximate surface area is 190 Å². The average Bonchev–Trinajstić information content (AvgIpc) is 3.50. The number of aliphatic hydroxyl groups excluding tert-OH is 1. The van der Waals surface area contributed by atoms with Gasteiger partial charge in [-0.3, -0.25) is 9.59 Å². The van der Waals surface area contributed by atoms with Crippen molar-refractivity contribution in [3.8, 4) is 5.75 Å². The van der Waals surface area contributed by atoms with Crippen molar-refractivity contribution in [2.24, 2.45) is 0 Å². The highest BCUT2D eigenvalue weighted by atomic mass is 32.1. The third-order valence-electron chi connectivity index (χ3n) is 6.56. The number of hydrogen-bond acceptors (Lipinski definition) is 6. The molecule has 1 aliphatic heterocycles. The minimum absolute atomic E-state index is 0.00553. The number of nitrogens with zero attached hydrogens (tertiary/aromatic N) is 1. The maximum absolute atomic E-state index is 13.7. The van der Waals surface area contributed by atoms with Crippen molar-refractivity contribution >= 4 is 34.0 Å². The summed E-state index contributed by atoms with van der Waals surface area (Å²) in [6, 6.07) is 8.45. The van der Waals surface area contributed by atoms with Crippen LogP contribution in [0.15, 0.2) is 51.5 Å². The van der Waals surface area contributed by atoms with Crippen LogP contribution >= 0.6 is 11.3 Å². The van der Waals surface area contributed by atoms with Gasteiger partial charge in [-0.15, -0.1) is 11.3 Å². The summed E-state index contributed by atoms with van der Waals surface area (Å²) in [5.74, 6) is -0.789. The number of aliphatic hydroxyl groups is 1. The lowest BCUT2D eigenvalue weighted by atomic mass is 9.91. The quantitative estimate of drug-likeness (QED) is 0.502. The summed E-state index contributed by atoms with van der Waals surface area (Å²) in [6.45, 7) is 1.97. The lowest BCUT2D eigenvalue weighted by molar-refractivity contribution is -0.132. The fourth-order valence-corrected chi connectivity index (χ4v) is 5.99. The molecule has 1 amide bonds. The van der Waals surface area contributed by atoms with Crippen LogP contribution in [-0.2, 0) is 4.79 Å². The van der Waals surface area contributed by atoms with Gasteiger partial charge < -0.3 is 19.2 Å². The van der Waals surface area contributed by atoms with E-state index in [9.17, 15) is 14.7 Å². The molecule has 0 radical (unpaired) electrons. The molecule has 166 valence electrons. The number of ether oxygens (including phenoxy) is 1. The van der Waals surface area contributed by atoms with Gasteiger partial charge in [-0.05, 0) is 48.9 Å². The van der Waals surface area contributed by atoms with Crippen LogP contribution in [0.1, 0.15) is 59.1 Å². The van der Waals surface area contributed by atoms with E-state index in [2.05, 4.69) is 0 Å². The molecular weight excluding hydrogens is 426 g/mol. The molecule has 1 saturated carbocycles. The highest BCUT2D eigenvalue weighted by molar-refractivity contribution is 7.10. The van der Waals surface area contributed by atoms with Crippen LogP contribution in [0.4, 0.5) is 0 Å². The second-order valence-electron chi connectivity index (χ2n) is 8.46.